The number of ether oxygens (including phenoxy) is 2. The molecule has 0 spiro atoms. The Morgan fingerprint density at radius 1 is 1.08 bits per heavy atom. The predicted octanol–water partition coefficient (Wildman–Crippen LogP) is 4.56. The average molecular weight is 364 g/mol. The lowest BCUT2D eigenvalue weighted by Crippen LogP contribution is -2.05. The van der Waals surface area contributed by atoms with Crippen molar-refractivity contribution in [2.75, 3.05) is 0 Å². The molecule has 3 aromatic heterocycles. The van der Waals surface area contributed by atoms with Gasteiger partial charge in [-0.05, 0) is 41.3 Å². The molecule has 1 N–H and O–H groups in total. The smallest absolute Gasteiger partial charge is 0.355 e. The van der Waals surface area contributed by atoms with Gasteiger partial charge in [0.05, 0.1) is 0 Å². The summed E-state index contributed by atoms with van der Waals surface area (Å²) in [6.45, 7) is 0.681. The Labute approximate surface area is 154 Å². The second-order valence-electron chi connectivity index (χ2n) is 5.76. The van der Waals surface area contributed by atoms with Crippen molar-refractivity contribution in [1.29, 1.82) is 0 Å². The lowest BCUT2D eigenvalue weighted by molar-refractivity contribution is 0.0467. The number of aromatic nitrogens is 2. The van der Waals surface area contributed by atoms with E-state index in [2.05, 4.69) is 9.97 Å². The number of benzene rings is 1. The Morgan fingerprint density at radius 3 is 2.73 bits per heavy atom. The molecule has 0 saturated heterocycles. The first-order valence-corrected chi connectivity index (χ1v) is 9.00. The van der Waals surface area contributed by atoms with Crippen molar-refractivity contribution in [1.82, 2.24) is 9.97 Å². The van der Waals surface area contributed by atoms with E-state index in [1.54, 1.807) is 23.7 Å². The minimum atomic E-state index is -0.356. The third-order valence-corrected chi connectivity index (χ3v) is 4.73. The van der Waals surface area contributed by atoms with Crippen molar-refractivity contribution in [2.45, 2.75) is 13.2 Å². The summed E-state index contributed by atoms with van der Waals surface area (Å²) in [4.78, 5) is 20.2. The number of H-pyrrole nitrogens is 1. The lowest BCUT2D eigenvalue weighted by Gasteiger charge is -2.07. The molecule has 0 radical (unpaired) electrons. The monoisotopic (exact) mass is 364 g/mol. The maximum Gasteiger partial charge on any atom is 0.355 e. The molecule has 130 valence electrons. The summed E-state index contributed by atoms with van der Waals surface area (Å²) in [6, 6.07) is 15.1. The highest BCUT2D eigenvalue weighted by Gasteiger charge is 2.11. The largest absolute Gasteiger partial charge is 0.489 e. The van der Waals surface area contributed by atoms with Crippen molar-refractivity contribution in [3.05, 3.63) is 83.1 Å². The minimum Gasteiger partial charge on any atom is -0.489 e. The van der Waals surface area contributed by atoms with E-state index in [0.717, 1.165) is 27.1 Å². The maximum absolute atomic E-state index is 12.1. The molecule has 0 fully saturated rings. The third kappa shape index (κ3) is 3.75. The number of rotatable bonds is 6. The van der Waals surface area contributed by atoms with E-state index in [9.17, 15) is 4.79 Å². The molecule has 0 aliphatic carbocycles. The fraction of sp³-hybridized carbons (Fsp3) is 0.100. The fourth-order valence-corrected chi connectivity index (χ4v) is 3.30. The lowest BCUT2D eigenvalue weighted by atomic mass is 10.2. The number of pyridine rings is 1. The van der Waals surface area contributed by atoms with Crippen LogP contribution in [-0.4, -0.2) is 15.9 Å². The second kappa shape index (κ2) is 7.41. The Hall–Kier alpha value is -3.12. The Kier molecular flexibility index (Phi) is 4.66. The summed E-state index contributed by atoms with van der Waals surface area (Å²) in [6.07, 6.45) is 3.51. The van der Waals surface area contributed by atoms with Crippen LogP contribution in [-0.2, 0) is 18.0 Å². The summed E-state index contributed by atoms with van der Waals surface area (Å²) in [5, 5.41) is 3.01. The summed E-state index contributed by atoms with van der Waals surface area (Å²) in [5.74, 6) is 0.402. The van der Waals surface area contributed by atoms with E-state index in [1.807, 2.05) is 53.9 Å². The van der Waals surface area contributed by atoms with E-state index < -0.39 is 0 Å². The molecule has 0 amide bonds. The third-order valence-electron chi connectivity index (χ3n) is 3.89. The van der Waals surface area contributed by atoms with Gasteiger partial charge in [0.15, 0.2) is 0 Å². The molecule has 1 aromatic carbocycles. The van der Waals surface area contributed by atoms with Gasteiger partial charge in [-0.25, -0.2) is 4.79 Å². The zero-order valence-corrected chi connectivity index (χ0v) is 14.7. The topological polar surface area (TPSA) is 64.2 Å². The maximum atomic E-state index is 12.1. The predicted molar refractivity (Wildman–Crippen MR) is 100 cm³/mol. The summed E-state index contributed by atoms with van der Waals surface area (Å²) < 4.78 is 11.1. The molecule has 0 bridgehead atoms. The van der Waals surface area contributed by atoms with Gasteiger partial charge in [0, 0.05) is 23.3 Å². The number of hydrogen-bond acceptors (Lipinski definition) is 5. The highest BCUT2D eigenvalue weighted by Crippen LogP contribution is 2.21. The zero-order chi connectivity index (χ0) is 17.8. The van der Waals surface area contributed by atoms with Gasteiger partial charge in [0.25, 0.3) is 0 Å². The van der Waals surface area contributed by atoms with Crippen LogP contribution in [0.3, 0.4) is 0 Å². The molecule has 0 aliphatic rings. The normalized spacial score (nSPS) is 10.8. The van der Waals surface area contributed by atoms with Crippen LogP contribution >= 0.6 is 11.3 Å². The Bertz CT molecular complexity index is 978. The number of carbonyl (C=O) groups is 1. The number of nitrogens with zero attached hydrogens (tertiary/aromatic N) is 1. The van der Waals surface area contributed by atoms with Crippen LogP contribution in [0.1, 0.15) is 21.6 Å². The second-order valence-corrected chi connectivity index (χ2v) is 6.67. The van der Waals surface area contributed by atoms with Gasteiger partial charge in [0.2, 0.25) is 0 Å². The molecule has 4 rings (SSSR count). The molecule has 6 heteroatoms. The molecule has 0 unspecified atom stereocenters. The standard InChI is InChI=1S/C20H16N2O3S/c23-20(18-10-16-7-9-26-19(16)22-18)25-12-14-3-5-17(6-4-14)24-13-15-2-1-8-21-11-15/h1-11,22H,12-13H2. The van der Waals surface area contributed by atoms with E-state index in [-0.39, 0.29) is 12.6 Å². The Balaban J connectivity index is 1.31. The molecule has 0 aliphatic heterocycles. The van der Waals surface area contributed by atoms with Crippen LogP contribution in [0.5, 0.6) is 5.75 Å². The summed E-state index contributed by atoms with van der Waals surface area (Å²) >= 11 is 1.56. The number of hydrogen-bond donors (Lipinski definition) is 1. The number of thiophene rings is 1. The van der Waals surface area contributed by atoms with Gasteiger partial charge in [-0.3, -0.25) is 4.98 Å². The van der Waals surface area contributed by atoms with Gasteiger partial charge in [-0.1, -0.05) is 18.2 Å². The van der Waals surface area contributed by atoms with Gasteiger partial charge in [-0.15, -0.1) is 11.3 Å². The van der Waals surface area contributed by atoms with Crippen LogP contribution in [0.25, 0.3) is 10.2 Å². The first-order valence-electron chi connectivity index (χ1n) is 8.12. The van der Waals surface area contributed by atoms with Crippen molar-refractivity contribution < 1.29 is 14.3 Å². The first-order chi connectivity index (χ1) is 12.8. The average Bonchev–Trinajstić information content (AvgIpc) is 3.28. The van der Waals surface area contributed by atoms with Gasteiger partial charge in [0.1, 0.15) is 29.5 Å². The molecule has 26 heavy (non-hydrogen) atoms. The van der Waals surface area contributed by atoms with Crippen LogP contribution in [0.4, 0.5) is 0 Å². The Morgan fingerprint density at radius 2 is 1.96 bits per heavy atom. The van der Waals surface area contributed by atoms with Crippen LogP contribution in [0.2, 0.25) is 0 Å². The molecule has 3 heterocycles. The molecule has 4 aromatic rings. The SMILES string of the molecule is O=C(OCc1ccc(OCc2cccnc2)cc1)c1cc2ccsc2[nH]1. The molecular weight excluding hydrogens is 348 g/mol. The minimum absolute atomic E-state index is 0.217. The summed E-state index contributed by atoms with van der Waals surface area (Å²) in [5.41, 5.74) is 2.39. The number of esters is 1. The quantitative estimate of drug-likeness (QED) is 0.509. The molecule has 5 nitrogen and oxygen atoms in total. The number of aromatic amines is 1. The molecule has 0 atom stereocenters. The van der Waals surface area contributed by atoms with E-state index in [4.69, 9.17) is 9.47 Å². The molecule has 0 saturated carbocycles. The van der Waals surface area contributed by atoms with Gasteiger partial charge in [-0.2, -0.15) is 0 Å². The van der Waals surface area contributed by atoms with Crippen molar-refractivity contribution in [2.24, 2.45) is 0 Å². The van der Waals surface area contributed by atoms with Crippen LogP contribution in [0.15, 0.2) is 66.3 Å². The van der Waals surface area contributed by atoms with Gasteiger partial charge >= 0.3 is 5.97 Å². The number of fused-ring (bicyclic) bond motifs is 1. The number of carbonyl (C=O) groups excluding carboxylic acids is 1. The van der Waals surface area contributed by atoms with E-state index in [1.165, 1.54) is 0 Å². The van der Waals surface area contributed by atoms with E-state index >= 15 is 0 Å². The van der Waals surface area contributed by atoms with Gasteiger partial charge < -0.3 is 14.5 Å². The van der Waals surface area contributed by atoms with Crippen molar-refractivity contribution >= 4 is 27.5 Å². The highest BCUT2D eigenvalue weighted by atomic mass is 32.1. The fourth-order valence-electron chi connectivity index (χ4n) is 2.52. The van der Waals surface area contributed by atoms with Crippen molar-refractivity contribution in [3.8, 4) is 5.75 Å². The number of nitrogens with one attached hydrogen (secondary N) is 1. The molecular formula is C20H16N2O3S. The van der Waals surface area contributed by atoms with E-state index in [0.29, 0.717) is 12.3 Å². The zero-order valence-electron chi connectivity index (χ0n) is 13.8. The van der Waals surface area contributed by atoms with Crippen molar-refractivity contribution in [3.63, 3.8) is 0 Å². The van der Waals surface area contributed by atoms with Crippen LogP contribution < -0.4 is 4.74 Å². The summed E-state index contributed by atoms with van der Waals surface area (Å²) in [7, 11) is 0. The highest BCUT2D eigenvalue weighted by molar-refractivity contribution is 7.16. The first kappa shape index (κ1) is 16.4. The van der Waals surface area contributed by atoms with Crippen LogP contribution in [0, 0.1) is 0 Å².